The smallest absolute Gasteiger partial charge is 0.373 e. The number of hydrogen-bond acceptors (Lipinski definition) is 5. The van der Waals surface area contributed by atoms with Gasteiger partial charge in [0.25, 0.3) is 0 Å². The first-order valence-corrected chi connectivity index (χ1v) is 6.12. The van der Waals surface area contributed by atoms with Crippen molar-refractivity contribution >= 4 is 22.7 Å². The van der Waals surface area contributed by atoms with E-state index in [9.17, 15) is 4.79 Å². The molecule has 0 fully saturated rings. The first-order chi connectivity index (χ1) is 9.60. The molecule has 5 nitrogen and oxygen atoms in total. The second-order valence-corrected chi connectivity index (χ2v) is 4.05. The van der Waals surface area contributed by atoms with E-state index in [1.54, 1.807) is 25.3 Å². The van der Waals surface area contributed by atoms with Crippen LogP contribution in [-0.4, -0.2) is 26.8 Å². The second kappa shape index (κ2) is 5.69. The molecule has 5 heteroatoms. The van der Waals surface area contributed by atoms with E-state index in [1.165, 1.54) is 7.11 Å². The molecule has 20 heavy (non-hydrogen) atoms. The highest BCUT2D eigenvalue weighted by atomic mass is 16.5. The zero-order chi connectivity index (χ0) is 14.7. The Balaban J connectivity index is 2.61. The molecular formula is C15H16O5. The number of carbonyl (C=O) groups is 1. The van der Waals surface area contributed by atoms with Crippen molar-refractivity contribution in [2.24, 2.45) is 0 Å². The van der Waals surface area contributed by atoms with E-state index in [0.29, 0.717) is 29.3 Å². The van der Waals surface area contributed by atoms with Crippen LogP contribution in [0.25, 0.3) is 16.7 Å². The molecular weight excluding hydrogens is 260 g/mol. The van der Waals surface area contributed by atoms with Gasteiger partial charge in [-0.25, -0.2) is 4.79 Å². The Morgan fingerprint density at radius 3 is 2.65 bits per heavy atom. The zero-order valence-corrected chi connectivity index (χ0v) is 11.7. The van der Waals surface area contributed by atoms with Gasteiger partial charge in [-0.15, -0.1) is 0 Å². The first kappa shape index (κ1) is 14.0. The third-order valence-electron chi connectivity index (χ3n) is 2.83. The molecule has 0 saturated heterocycles. The number of hydrogen-bond donors (Lipinski definition) is 0. The van der Waals surface area contributed by atoms with Gasteiger partial charge in [0.1, 0.15) is 17.1 Å². The highest BCUT2D eigenvalue weighted by Gasteiger charge is 2.18. The Bertz CT molecular complexity index is 654. The van der Waals surface area contributed by atoms with Crippen LogP contribution in [0.2, 0.25) is 0 Å². The summed E-state index contributed by atoms with van der Waals surface area (Å²) in [5.74, 6) is 0.683. The first-order valence-electron chi connectivity index (χ1n) is 6.12. The molecule has 0 spiro atoms. The van der Waals surface area contributed by atoms with E-state index in [4.69, 9.17) is 13.9 Å². The van der Waals surface area contributed by atoms with Crippen LogP contribution in [0.4, 0.5) is 0 Å². The van der Waals surface area contributed by atoms with E-state index < -0.39 is 5.97 Å². The fourth-order valence-electron chi connectivity index (χ4n) is 1.90. The topological polar surface area (TPSA) is 57.9 Å². The molecule has 2 rings (SSSR count). The predicted octanol–water partition coefficient (Wildman–Crippen LogP) is 3.24. The van der Waals surface area contributed by atoms with Gasteiger partial charge in [-0.3, -0.25) is 0 Å². The van der Waals surface area contributed by atoms with E-state index in [2.05, 4.69) is 11.3 Å². The Kier molecular flexibility index (Phi) is 3.98. The van der Waals surface area contributed by atoms with E-state index in [-0.39, 0.29) is 5.76 Å². The summed E-state index contributed by atoms with van der Waals surface area (Å²) in [5.41, 5.74) is 1.17. The van der Waals surface area contributed by atoms with Crippen LogP contribution in [-0.2, 0) is 9.47 Å². The summed E-state index contributed by atoms with van der Waals surface area (Å²) in [6.07, 6.45) is 0. The van der Waals surface area contributed by atoms with Gasteiger partial charge in [0, 0.05) is 5.39 Å². The SMILES string of the molecule is C=C(OCC)c1cc(OC)cc2cc(C(=O)OC)oc12. The van der Waals surface area contributed by atoms with Gasteiger partial charge in [0.2, 0.25) is 5.76 Å². The molecule has 0 amide bonds. The van der Waals surface area contributed by atoms with E-state index in [0.717, 1.165) is 5.39 Å². The molecule has 0 bridgehead atoms. The number of carbonyl (C=O) groups excluding carboxylic acids is 1. The summed E-state index contributed by atoms with van der Waals surface area (Å²) in [5, 5.41) is 0.723. The summed E-state index contributed by atoms with van der Waals surface area (Å²) < 4.78 is 20.8. The van der Waals surface area contributed by atoms with Gasteiger partial charge in [-0.05, 0) is 25.1 Å². The van der Waals surface area contributed by atoms with Gasteiger partial charge in [-0.2, -0.15) is 0 Å². The number of ether oxygens (including phenoxy) is 3. The molecule has 0 aliphatic carbocycles. The van der Waals surface area contributed by atoms with Crippen LogP contribution in [0, 0.1) is 0 Å². The van der Waals surface area contributed by atoms with Crippen LogP contribution in [0.15, 0.2) is 29.2 Å². The Morgan fingerprint density at radius 2 is 2.05 bits per heavy atom. The lowest BCUT2D eigenvalue weighted by Crippen LogP contribution is -1.98. The molecule has 1 heterocycles. The standard InChI is InChI=1S/C15H16O5/c1-5-19-9(2)12-8-11(17-3)6-10-7-13(15(16)18-4)20-14(10)12/h6-8H,2,5H2,1,3-4H3. The number of benzene rings is 1. The van der Waals surface area contributed by atoms with Crippen LogP contribution in [0.3, 0.4) is 0 Å². The number of furan rings is 1. The Morgan fingerprint density at radius 1 is 1.30 bits per heavy atom. The molecule has 0 saturated carbocycles. The minimum atomic E-state index is -0.534. The van der Waals surface area contributed by atoms with Gasteiger partial charge < -0.3 is 18.6 Å². The average molecular weight is 276 g/mol. The van der Waals surface area contributed by atoms with Crippen molar-refractivity contribution in [3.63, 3.8) is 0 Å². The normalized spacial score (nSPS) is 10.3. The van der Waals surface area contributed by atoms with Crippen molar-refractivity contribution in [3.8, 4) is 5.75 Å². The third kappa shape index (κ3) is 2.47. The molecule has 0 radical (unpaired) electrons. The van der Waals surface area contributed by atoms with E-state index in [1.807, 2.05) is 6.92 Å². The summed E-state index contributed by atoms with van der Waals surface area (Å²) >= 11 is 0. The summed E-state index contributed by atoms with van der Waals surface area (Å²) in [7, 11) is 2.87. The third-order valence-corrected chi connectivity index (χ3v) is 2.83. The Hall–Kier alpha value is -2.43. The maximum atomic E-state index is 11.5. The molecule has 0 aliphatic heterocycles. The maximum Gasteiger partial charge on any atom is 0.373 e. The maximum absolute atomic E-state index is 11.5. The van der Waals surface area contributed by atoms with Crippen molar-refractivity contribution in [3.05, 3.63) is 36.1 Å². The fourth-order valence-corrected chi connectivity index (χ4v) is 1.90. The van der Waals surface area contributed by atoms with Crippen LogP contribution >= 0.6 is 0 Å². The van der Waals surface area contributed by atoms with Gasteiger partial charge in [-0.1, -0.05) is 6.58 Å². The highest BCUT2D eigenvalue weighted by molar-refractivity contribution is 5.96. The number of fused-ring (bicyclic) bond motifs is 1. The van der Waals surface area contributed by atoms with Crippen molar-refractivity contribution in [2.45, 2.75) is 6.92 Å². The van der Waals surface area contributed by atoms with Crippen molar-refractivity contribution in [2.75, 3.05) is 20.8 Å². The monoisotopic (exact) mass is 276 g/mol. The minimum absolute atomic E-state index is 0.126. The largest absolute Gasteiger partial charge is 0.497 e. The lowest BCUT2D eigenvalue weighted by atomic mass is 10.1. The minimum Gasteiger partial charge on any atom is -0.497 e. The van der Waals surface area contributed by atoms with Crippen LogP contribution < -0.4 is 4.74 Å². The molecule has 0 atom stereocenters. The lowest BCUT2D eigenvalue weighted by molar-refractivity contribution is 0.0567. The lowest BCUT2D eigenvalue weighted by Gasteiger charge is -2.09. The van der Waals surface area contributed by atoms with Gasteiger partial charge in [0.05, 0.1) is 26.4 Å². The quantitative estimate of drug-likeness (QED) is 0.620. The molecule has 1 aromatic heterocycles. The molecule has 2 aromatic rings. The number of esters is 1. The van der Waals surface area contributed by atoms with Crippen LogP contribution in [0.5, 0.6) is 5.75 Å². The second-order valence-electron chi connectivity index (χ2n) is 4.05. The number of rotatable bonds is 5. The highest BCUT2D eigenvalue weighted by Crippen LogP contribution is 2.32. The zero-order valence-electron chi connectivity index (χ0n) is 11.7. The average Bonchev–Trinajstić information content (AvgIpc) is 2.89. The molecule has 0 unspecified atom stereocenters. The predicted molar refractivity (Wildman–Crippen MR) is 74.8 cm³/mol. The molecule has 0 aliphatic rings. The molecule has 106 valence electrons. The summed E-state index contributed by atoms with van der Waals surface area (Å²) in [4.78, 5) is 11.5. The Labute approximate surface area is 116 Å². The molecule has 0 N–H and O–H groups in total. The fraction of sp³-hybridized carbons (Fsp3) is 0.267. The van der Waals surface area contributed by atoms with Crippen molar-refractivity contribution < 1.29 is 23.4 Å². The van der Waals surface area contributed by atoms with E-state index >= 15 is 0 Å². The van der Waals surface area contributed by atoms with Gasteiger partial charge >= 0.3 is 5.97 Å². The van der Waals surface area contributed by atoms with Gasteiger partial charge in [0.15, 0.2) is 0 Å². The van der Waals surface area contributed by atoms with Crippen molar-refractivity contribution in [1.29, 1.82) is 0 Å². The summed E-state index contributed by atoms with van der Waals surface area (Å²) in [6, 6.07) is 5.13. The van der Waals surface area contributed by atoms with Crippen molar-refractivity contribution in [1.82, 2.24) is 0 Å². The van der Waals surface area contributed by atoms with Crippen LogP contribution in [0.1, 0.15) is 23.0 Å². The summed E-state index contributed by atoms with van der Waals surface area (Å²) in [6.45, 7) is 6.21. The molecule has 1 aromatic carbocycles. The number of methoxy groups -OCH3 is 2.